The first kappa shape index (κ1) is 13.8. The Balaban J connectivity index is 1.53. The molecule has 0 amide bonds. The third-order valence-corrected chi connectivity index (χ3v) is 4.28. The van der Waals surface area contributed by atoms with Gasteiger partial charge in [0.25, 0.3) is 0 Å². The summed E-state index contributed by atoms with van der Waals surface area (Å²) in [4.78, 5) is 6.56. The fourth-order valence-corrected chi connectivity index (χ4v) is 3.11. The summed E-state index contributed by atoms with van der Waals surface area (Å²) in [6.07, 6.45) is 4.93. The van der Waals surface area contributed by atoms with E-state index < -0.39 is 0 Å². The Hall–Kier alpha value is -1.17. The lowest BCUT2D eigenvalue weighted by atomic mass is 10.0. The maximum Gasteiger partial charge on any atom is 0.0398 e. The molecule has 5 nitrogen and oxygen atoms in total. The summed E-state index contributed by atoms with van der Waals surface area (Å²) < 4.78 is 0. The van der Waals surface area contributed by atoms with Crippen LogP contribution in [0.2, 0.25) is 0 Å². The van der Waals surface area contributed by atoms with Gasteiger partial charge in [-0.1, -0.05) is 0 Å². The monoisotopic (exact) mass is 275 g/mol. The highest BCUT2D eigenvalue weighted by molar-refractivity contribution is 5.45. The topological polar surface area (TPSA) is 52.2 Å². The first-order valence-corrected chi connectivity index (χ1v) is 7.66. The minimum Gasteiger partial charge on any atom is -0.369 e. The van der Waals surface area contributed by atoms with E-state index in [2.05, 4.69) is 44.9 Å². The Morgan fingerprint density at radius 2 is 2.00 bits per heavy atom. The summed E-state index contributed by atoms with van der Waals surface area (Å²) in [6.45, 7) is 7.60. The third-order valence-electron chi connectivity index (χ3n) is 4.28. The van der Waals surface area contributed by atoms with Gasteiger partial charge in [0.1, 0.15) is 0 Å². The Bertz CT molecular complexity index is 402. The van der Waals surface area contributed by atoms with Gasteiger partial charge in [0.15, 0.2) is 0 Å². The van der Waals surface area contributed by atoms with E-state index in [1.165, 1.54) is 12.1 Å². The highest BCUT2D eigenvalue weighted by Gasteiger charge is 2.24. The van der Waals surface area contributed by atoms with E-state index in [1.54, 1.807) is 0 Å². The molecule has 20 heavy (non-hydrogen) atoms. The molecule has 110 valence electrons. The van der Waals surface area contributed by atoms with Crippen LogP contribution in [0.5, 0.6) is 0 Å². The zero-order chi connectivity index (χ0) is 13.8. The number of aromatic nitrogens is 1. The van der Waals surface area contributed by atoms with E-state index in [0.29, 0.717) is 18.1 Å². The van der Waals surface area contributed by atoms with Crippen molar-refractivity contribution in [3.05, 3.63) is 24.5 Å². The maximum atomic E-state index is 4.10. The van der Waals surface area contributed by atoms with Crippen LogP contribution in [0, 0.1) is 0 Å². The molecule has 0 saturated carbocycles. The smallest absolute Gasteiger partial charge is 0.0398 e. The Kier molecular flexibility index (Phi) is 4.50. The Morgan fingerprint density at radius 3 is 2.75 bits per heavy atom. The molecule has 2 fully saturated rings. The molecule has 1 unspecified atom stereocenters. The van der Waals surface area contributed by atoms with Gasteiger partial charge in [-0.05, 0) is 25.5 Å². The first-order chi connectivity index (χ1) is 9.81. The van der Waals surface area contributed by atoms with Crippen molar-refractivity contribution in [2.45, 2.75) is 31.5 Å². The van der Waals surface area contributed by atoms with E-state index in [9.17, 15) is 0 Å². The average molecular weight is 275 g/mol. The number of nitrogens with one attached hydrogen (secondary N) is 3. The van der Waals surface area contributed by atoms with Crippen molar-refractivity contribution in [1.82, 2.24) is 20.9 Å². The summed E-state index contributed by atoms with van der Waals surface area (Å²) >= 11 is 0. The molecule has 0 radical (unpaired) electrons. The van der Waals surface area contributed by atoms with Crippen molar-refractivity contribution in [3.8, 4) is 0 Å². The van der Waals surface area contributed by atoms with Gasteiger partial charge < -0.3 is 20.9 Å². The van der Waals surface area contributed by atoms with Gasteiger partial charge in [0.05, 0.1) is 0 Å². The van der Waals surface area contributed by atoms with E-state index >= 15 is 0 Å². The van der Waals surface area contributed by atoms with E-state index in [1.807, 2.05) is 12.4 Å². The molecule has 3 rings (SSSR count). The molecule has 3 heterocycles. The van der Waals surface area contributed by atoms with Crippen LogP contribution in [0.15, 0.2) is 24.5 Å². The zero-order valence-electron chi connectivity index (χ0n) is 12.2. The number of piperazine rings is 2. The molecule has 3 atom stereocenters. The van der Waals surface area contributed by atoms with Crippen LogP contribution in [0.1, 0.15) is 13.3 Å². The van der Waals surface area contributed by atoms with Crippen LogP contribution in [0.3, 0.4) is 0 Å². The standard InChI is InChI=1S/C15H25N5/c1-12-9-19-13(10-18-12)8-14-11-20(7-6-17-14)15-2-4-16-5-3-15/h2-5,12-14,17-19H,6-11H2,1H3/t12-,13-,14?/m0/s1. The van der Waals surface area contributed by atoms with Gasteiger partial charge in [0.2, 0.25) is 0 Å². The largest absolute Gasteiger partial charge is 0.369 e. The highest BCUT2D eigenvalue weighted by atomic mass is 15.2. The summed E-state index contributed by atoms with van der Waals surface area (Å²) in [5.41, 5.74) is 1.29. The zero-order valence-corrected chi connectivity index (χ0v) is 12.2. The molecular weight excluding hydrogens is 250 g/mol. The van der Waals surface area contributed by atoms with E-state index in [0.717, 1.165) is 32.7 Å². The predicted molar refractivity (Wildman–Crippen MR) is 82.1 cm³/mol. The van der Waals surface area contributed by atoms with Crippen molar-refractivity contribution >= 4 is 5.69 Å². The fourth-order valence-electron chi connectivity index (χ4n) is 3.11. The van der Waals surface area contributed by atoms with Crippen LogP contribution >= 0.6 is 0 Å². The van der Waals surface area contributed by atoms with Crippen LogP contribution in [0.25, 0.3) is 0 Å². The van der Waals surface area contributed by atoms with Crippen LogP contribution < -0.4 is 20.9 Å². The number of pyridine rings is 1. The van der Waals surface area contributed by atoms with Crippen molar-refractivity contribution in [1.29, 1.82) is 0 Å². The lowest BCUT2D eigenvalue weighted by Crippen LogP contribution is -2.58. The van der Waals surface area contributed by atoms with Gasteiger partial charge in [-0.3, -0.25) is 4.98 Å². The molecule has 0 bridgehead atoms. The summed E-state index contributed by atoms with van der Waals surface area (Å²) in [5.74, 6) is 0. The van der Waals surface area contributed by atoms with Crippen LogP contribution in [0.4, 0.5) is 5.69 Å². The Morgan fingerprint density at radius 1 is 1.15 bits per heavy atom. The SMILES string of the molecule is C[C@H]1CN[C@@H](CC2CN(c3ccncc3)CCN2)CN1. The second kappa shape index (κ2) is 6.52. The average Bonchev–Trinajstić information content (AvgIpc) is 2.51. The van der Waals surface area contributed by atoms with Crippen molar-refractivity contribution in [2.75, 3.05) is 37.6 Å². The number of hydrogen-bond acceptors (Lipinski definition) is 5. The van der Waals surface area contributed by atoms with Crippen molar-refractivity contribution < 1.29 is 0 Å². The third kappa shape index (κ3) is 3.48. The quantitative estimate of drug-likeness (QED) is 0.736. The predicted octanol–water partition coefficient (Wildman–Crippen LogP) is 0.200. The molecule has 0 aliphatic carbocycles. The highest BCUT2D eigenvalue weighted by Crippen LogP contribution is 2.16. The van der Waals surface area contributed by atoms with Crippen molar-refractivity contribution in [2.24, 2.45) is 0 Å². The number of anilines is 1. The second-order valence-electron chi connectivity index (χ2n) is 5.95. The van der Waals surface area contributed by atoms with Gasteiger partial charge in [0, 0.05) is 68.9 Å². The van der Waals surface area contributed by atoms with E-state index in [4.69, 9.17) is 0 Å². The molecular formula is C15H25N5. The van der Waals surface area contributed by atoms with Gasteiger partial charge in [-0.25, -0.2) is 0 Å². The minimum atomic E-state index is 0.560. The summed E-state index contributed by atoms with van der Waals surface area (Å²) in [6, 6.07) is 5.94. The Labute approximate surface area is 121 Å². The van der Waals surface area contributed by atoms with Crippen LogP contribution in [-0.4, -0.2) is 55.8 Å². The number of hydrogen-bond donors (Lipinski definition) is 3. The van der Waals surface area contributed by atoms with E-state index in [-0.39, 0.29) is 0 Å². The summed E-state index contributed by atoms with van der Waals surface area (Å²) in [5, 5.41) is 10.8. The first-order valence-electron chi connectivity index (χ1n) is 7.66. The lowest BCUT2D eigenvalue weighted by molar-refractivity contribution is 0.307. The normalized spacial score (nSPS) is 31.2. The maximum absolute atomic E-state index is 4.10. The molecule has 2 aliphatic heterocycles. The molecule has 0 spiro atoms. The van der Waals surface area contributed by atoms with Gasteiger partial charge in [-0.2, -0.15) is 0 Å². The number of nitrogens with zero attached hydrogens (tertiary/aromatic N) is 2. The minimum absolute atomic E-state index is 0.560. The van der Waals surface area contributed by atoms with Gasteiger partial charge >= 0.3 is 0 Å². The molecule has 1 aromatic rings. The molecule has 5 heteroatoms. The number of rotatable bonds is 3. The fraction of sp³-hybridized carbons (Fsp3) is 0.667. The molecule has 1 aromatic heterocycles. The summed E-state index contributed by atoms with van der Waals surface area (Å²) in [7, 11) is 0. The van der Waals surface area contributed by atoms with Crippen LogP contribution in [-0.2, 0) is 0 Å². The molecule has 2 aliphatic rings. The second-order valence-corrected chi connectivity index (χ2v) is 5.95. The molecule has 0 aromatic carbocycles. The van der Waals surface area contributed by atoms with Crippen molar-refractivity contribution in [3.63, 3.8) is 0 Å². The lowest BCUT2D eigenvalue weighted by Gasteiger charge is -2.38. The molecule has 3 N–H and O–H groups in total. The van der Waals surface area contributed by atoms with Gasteiger partial charge in [-0.15, -0.1) is 0 Å². The molecule has 2 saturated heterocycles.